The third-order valence-electron chi connectivity index (χ3n) is 10.7. The highest BCUT2D eigenvalue weighted by Crippen LogP contribution is 2.51. The molecule has 4 heterocycles. The maximum Gasteiger partial charge on any atom is 0.459 e. The third kappa shape index (κ3) is 14.8. The summed E-state index contributed by atoms with van der Waals surface area (Å²) in [7, 11) is -8.86. The summed E-state index contributed by atoms with van der Waals surface area (Å²) in [6.07, 6.45) is -7.54. The Morgan fingerprint density at radius 1 is 0.808 bits per heavy atom. The lowest BCUT2D eigenvalue weighted by Gasteiger charge is -2.32. The van der Waals surface area contributed by atoms with Gasteiger partial charge in [0.25, 0.3) is 5.85 Å². The Balaban J connectivity index is 0.000000271. The number of rotatable bonds is 20. The minimum absolute atomic E-state index is 0.0329. The van der Waals surface area contributed by atoms with Gasteiger partial charge >= 0.3 is 33.1 Å². The number of ketones is 1. The van der Waals surface area contributed by atoms with Crippen LogP contribution in [0.5, 0.6) is 11.5 Å². The maximum atomic E-state index is 15.8. The van der Waals surface area contributed by atoms with Crippen molar-refractivity contribution in [2.75, 3.05) is 18.9 Å². The minimum Gasteiger partial charge on any atom is -0.462 e. The fourth-order valence-electron chi connectivity index (χ4n) is 7.09. The number of ether oxygens (including phenoxy) is 4. The summed E-state index contributed by atoms with van der Waals surface area (Å²) in [6, 6.07) is 14.6. The van der Waals surface area contributed by atoms with Gasteiger partial charge in [-0.25, -0.2) is 27.1 Å². The van der Waals surface area contributed by atoms with Gasteiger partial charge in [-0.05, 0) is 91.8 Å². The molecular formula is C45H59F3N6O17P2. The monoisotopic (exact) mass is 1070 g/mol. The Labute approximate surface area is 417 Å². The van der Waals surface area contributed by atoms with E-state index in [1.54, 1.807) is 64.1 Å². The fourth-order valence-corrected chi connectivity index (χ4v) is 10.1. The molecule has 1 amide bonds. The molecule has 3 aliphatic rings. The molecule has 2 saturated heterocycles. The zero-order valence-corrected chi connectivity index (χ0v) is 42.7. The van der Waals surface area contributed by atoms with Crippen LogP contribution in [0.15, 0.2) is 90.0 Å². The van der Waals surface area contributed by atoms with Crippen LogP contribution < -0.4 is 30.6 Å². The molecule has 3 aliphatic heterocycles. The SMILES string of the molecule is CC(C)OC(=O)[C@H](C)N[P@](=O)(OCC1O[C@@H](n2ccc(N)nc2=O)[C@](C)(F)[C@@H]1O)Oc1ccccc1.CC(C)OC(=O)[C@H](C)N[P@](=O)(OC[C@@]1(F)O[C@@H](N2C=CC(=O)CC2=O)[C@](C)(F)[C@@H]1O)Oc1ccccc1. The lowest BCUT2D eigenvalue weighted by atomic mass is 9.96. The van der Waals surface area contributed by atoms with Crippen molar-refractivity contribution in [2.45, 2.75) is 134 Å². The molecule has 12 atom stereocenters. The lowest BCUT2D eigenvalue weighted by molar-refractivity contribution is -0.209. The summed E-state index contributed by atoms with van der Waals surface area (Å²) >= 11 is 0. The van der Waals surface area contributed by atoms with Crippen molar-refractivity contribution in [1.29, 1.82) is 0 Å². The molecule has 23 nitrogen and oxygen atoms in total. The number of nitrogen functional groups attached to an aromatic ring is 1. The number of nitrogens with two attached hydrogens (primary N) is 1. The van der Waals surface area contributed by atoms with Crippen LogP contribution in [0, 0.1) is 0 Å². The van der Waals surface area contributed by atoms with E-state index in [1.165, 1.54) is 50.4 Å². The van der Waals surface area contributed by atoms with Gasteiger partial charge in [0.15, 0.2) is 35.7 Å². The van der Waals surface area contributed by atoms with Crippen molar-refractivity contribution in [3.05, 3.63) is 95.7 Å². The number of carbonyl (C=O) groups is 4. The van der Waals surface area contributed by atoms with Crippen LogP contribution in [0.1, 0.15) is 68.0 Å². The van der Waals surface area contributed by atoms with Gasteiger partial charge < -0.3 is 43.9 Å². The van der Waals surface area contributed by atoms with Crippen LogP contribution in [0.3, 0.4) is 0 Å². The molecule has 3 aromatic rings. The normalized spacial score (nSPS) is 28.4. The van der Waals surface area contributed by atoms with Crippen LogP contribution in [0.4, 0.5) is 19.0 Å². The number of para-hydroxylation sites is 2. The van der Waals surface area contributed by atoms with E-state index in [-0.39, 0.29) is 17.3 Å². The van der Waals surface area contributed by atoms with Gasteiger partial charge in [-0.3, -0.25) is 37.7 Å². The largest absolute Gasteiger partial charge is 0.462 e. The molecule has 73 heavy (non-hydrogen) atoms. The number of aromatic nitrogens is 2. The number of benzene rings is 2. The van der Waals surface area contributed by atoms with E-state index in [2.05, 4.69) is 15.2 Å². The summed E-state index contributed by atoms with van der Waals surface area (Å²) in [5.41, 5.74) is -0.698. The Kier molecular flexibility index (Phi) is 19.0. The van der Waals surface area contributed by atoms with Crippen molar-refractivity contribution in [2.24, 2.45) is 0 Å². The molecule has 2 aromatic carbocycles. The zero-order valence-electron chi connectivity index (χ0n) is 40.9. The Bertz CT molecular complexity index is 2620. The molecule has 1 unspecified atom stereocenters. The zero-order chi connectivity index (χ0) is 54.3. The van der Waals surface area contributed by atoms with E-state index in [9.17, 15) is 43.3 Å². The summed E-state index contributed by atoms with van der Waals surface area (Å²) in [6.45, 7) is 9.17. The number of hydrogen-bond acceptors (Lipinski definition) is 19. The number of nitrogens with zero attached hydrogens (tertiary/aromatic N) is 3. The number of hydrogen-bond donors (Lipinski definition) is 5. The molecule has 0 spiro atoms. The van der Waals surface area contributed by atoms with Crippen molar-refractivity contribution >= 4 is 44.9 Å². The highest BCUT2D eigenvalue weighted by atomic mass is 31.2. The van der Waals surface area contributed by atoms with Crippen LogP contribution in [-0.4, -0.2) is 128 Å². The Morgan fingerprint density at radius 3 is 1.79 bits per heavy atom. The number of nitrogens with one attached hydrogen (secondary N) is 2. The first-order valence-corrected chi connectivity index (χ1v) is 25.7. The summed E-state index contributed by atoms with van der Waals surface area (Å²) < 4.78 is 117. The van der Waals surface area contributed by atoms with Crippen molar-refractivity contribution < 1.29 is 88.7 Å². The van der Waals surface area contributed by atoms with E-state index >= 15 is 13.2 Å². The molecular weight excluding hydrogens is 1020 g/mol. The number of aliphatic hydroxyl groups excluding tert-OH is 2. The van der Waals surface area contributed by atoms with Gasteiger partial charge in [-0.1, -0.05) is 36.4 Å². The van der Waals surface area contributed by atoms with Gasteiger partial charge in [0.2, 0.25) is 5.91 Å². The number of aliphatic hydroxyl groups is 2. The van der Waals surface area contributed by atoms with Gasteiger partial charge in [-0.2, -0.15) is 15.2 Å². The average molecular weight is 1070 g/mol. The van der Waals surface area contributed by atoms with Crippen LogP contribution in [0.2, 0.25) is 0 Å². The van der Waals surface area contributed by atoms with Crippen LogP contribution in [-0.2, 0) is 56.3 Å². The van der Waals surface area contributed by atoms with E-state index < -0.39 is 137 Å². The highest BCUT2D eigenvalue weighted by Gasteiger charge is 2.66. The topological polar surface area (TPSA) is 305 Å². The molecule has 6 rings (SSSR count). The number of alkyl halides is 3. The van der Waals surface area contributed by atoms with Gasteiger partial charge in [-0.15, -0.1) is 0 Å². The van der Waals surface area contributed by atoms with Crippen molar-refractivity contribution in [1.82, 2.24) is 24.6 Å². The van der Waals surface area contributed by atoms with Crippen molar-refractivity contribution in [3.63, 3.8) is 0 Å². The first-order chi connectivity index (χ1) is 34.0. The maximum absolute atomic E-state index is 15.8. The Hall–Kier alpha value is -5.53. The second-order valence-electron chi connectivity index (χ2n) is 17.8. The second kappa shape index (κ2) is 23.8. The molecule has 0 aliphatic carbocycles. The number of esters is 2. The first-order valence-electron chi connectivity index (χ1n) is 22.6. The number of anilines is 1. The quantitative estimate of drug-likeness (QED) is 0.0591. The van der Waals surface area contributed by atoms with Crippen LogP contribution >= 0.6 is 15.5 Å². The second-order valence-corrected chi connectivity index (χ2v) is 21.2. The molecule has 28 heteroatoms. The van der Waals surface area contributed by atoms with E-state index in [1.807, 2.05) is 0 Å². The molecule has 402 valence electrons. The Morgan fingerprint density at radius 2 is 1.32 bits per heavy atom. The number of halogens is 3. The standard InChI is InChI=1S/C23H29F2N2O9P.C22H30FN4O8P/c1-14(2)34-19(30)15(3)26-37(32,36-17-8-6-5-7-9-17)33-13-23(25)20(31)22(4,24)21(35-23)27-11-10-16(28)12-18(27)29;1-13(2)33-19(29)14(3)26-36(31,35-15-8-6-5-7-9-15)32-12-16-18(28)22(4,23)20(34-16)27-11-10-17(24)25-21(27)30/h5-11,14-15,20-21,31H,12-13H2,1-4H3,(H,26,32);5-11,13-14,16,18,20,28H,12H2,1-4H3,(H,26,31)(H2,24,25,30)/t15-,20-,21+,22+,23+,37-;14-,16?,18+,20+,22+,36-/m00/s1. The predicted octanol–water partition coefficient (Wildman–Crippen LogP) is 4.49. The number of amides is 1. The molecule has 0 saturated carbocycles. The van der Waals surface area contributed by atoms with E-state index in [0.29, 0.717) is 4.90 Å². The molecule has 2 fully saturated rings. The molecule has 0 bridgehead atoms. The van der Waals surface area contributed by atoms with E-state index in [0.717, 1.165) is 30.7 Å². The summed E-state index contributed by atoms with van der Waals surface area (Å²) in [5.74, 6) is -6.07. The fraction of sp³-hybridized carbons (Fsp3) is 0.511. The average Bonchev–Trinajstić information content (AvgIpc) is 3.63. The lowest BCUT2D eigenvalue weighted by Crippen LogP contribution is -2.52. The smallest absolute Gasteiger partial charge is 0.459 e. The molecule has 6 N–H and O–H groups in total. The minimum atomic E-state index is -4.57. The van der Waals surface area contributed by atoms with Crippen LogP contribution in [0.25, 0.3) is 0 Å². The van der Waals surface area contributed by atoms with Crippen molar-refractivity contribution in [3.8, 4) is 11.5 Å². The third-order valence-corrected chi connectivity index (χ3v) is 14.0. The van der Waals surface area contributed by atoms with Gasteiger partial charge in [0.05, 0.1) is 25.2 Å². The first kappa shape index (κ1) is 58.4. The van der Waals surface area contributed by atoms with E-state index in [4.69, 9.17) is 42.8 Å². The predicted molar refractivity (Wildman–Crippen MR) is 251 cm³/mol. The number of carbonyl (C=O) groups excluding carboxylic acids is 4. The number of allylic oxidation sites excluding steroid dienone is 1. The molecule has 0 radical (unpaired) electrons. The summed E-state index contributed by atoms with van der Waals surface area (Å²) in [5, 5.41) is 25.9. The highest BCUT2D eigenvalue weighted by molar-refractivity contribution is 7.52. The van der Waals surface area contributed by atoms with Gasteiger partial charge in [0.1, 0.15) is 48.2 Å². The summed E-state index contributed by atoms with van der Waals surface area (Å²) in [4.78, 5) is 64.6. The van der Waals surface area contributed by atoms with Gasteiger partial charge in [0, 0.05) is 12.4 Å². The molecule has 1 aromatic heterocycles.